The van der Waals surface area contributed by atoms with Gasteiger partial charge in [-0.3, -0.25) is 0 Å². The van der Waals surface area contributed by atoms with E-state index < -0.39 is 6.30 Å². The highest BCUT2D eigenvalue weighted by Crippen LogP contribution is 2.36. The van der Waals surface area contributed by atoms with Crippen molar-refractivity contribution in [3.63, 3.8) is 0 Å². The largest absolute Gasteiger partial charge is 0.228 e. The highest BCUT2D eigenvalue weighted by atomic mass is 79.9. The van der Waals surface area contributed by atoms with Gasteiger partial charge in [0.25, 0.3) is 0 Å². The minimum Gasteiger partial charge on any atom is -0.215 e. The number of thiophene rings is 2. The van der Waals surface area contributed by atoms with Crippen LogP contribution in [0.4, 0.5) is 8.87 Å². The molecule has 0 aliphatic carbocycles. The van der Waals surface area contributed by atoms with Crippen molar-refractivity contribution in [2.24, 2.45) is 0 Å². The van der Waals surface area contributed by atoms with E-state index in [1.54, 1.807) is 18.3 Å². The average Bonchev–Trinajstić information content (AvgIpc) is 3.23. The molecule has 0 spiro atoms. The van der Waals surface area contributed by atoms with E-state index in [-0.39, 0.29) is 10.8 Å². The van der Waals surface area contributed by atoms with Crippen molar-refractivity contribution in [1.82, 2.24) is 9.50 Å². The molecule has 0 saturated carbocycles. The molecule has 4 rings (SSSR count). The molecule has 118 valence electrons. The van der Waals surface area contributed by atoms with Gasteiger partial charge >= 0.3 is 0 Å². The van der Waals surface area contributed by atoms with Crippen LogP contribution in [-0.2, 0) is 0 Å². The van der Waals surface area contributed by atoms with E-state index in [2.05, 4.69) is 36.2 Å². The Balaban J connectivity index is 2.08. The van der Waals surface area contributed by atoms with E-state index in [9.17, 15) is 8.87 Å². The summed E-state index contributed by atoms with van der Waals surface area (Å²) in [4.78, 5) is 1.36. The van der Waals surface area contributed by atoms with Gasteiger partial charge in [0.1, 0.15) is 5.70 Å². The fraction of sp³-hybridized carbons (Fsp3) is 0.0714. The summed E-state index contributed by atoms with van der Waals surface area (Å²) >= 11 is 10.7. The van der Waals surface area contributed by atoms with Crippen LogP contribution >= 0.6 is 66.1 Å². The first-order valence-corrected chi connectivity index (χ1v) is 10.3. The van der Waals surface area contributed by atoms with Gasteiger partial charge in [0.15, 0.2) is 0 Å². The Morgan fingerprint density at radius 3 is 2.30 bits per heavy atom. The van der Waals surface area contributed by atoms with Gasteiger partial charge in [-0.1, -0.05) is 4.48 Å². The quantitative estimate of drug-likeness (QED) is 0.380. The minimum atomic E-state index is -1.86. The fourth-order valence-corrected chi connectivity index (χ4v) is 6.18. The standard InChI is InChI=1S/C14H6Br2F2N2S3/c15-9-3-1-7(21-9)11-13-6(5-19-23-13)12(20(18)14(11)17)8-2-4-10(16)22-8/h1-5,14H. The molecule has 1 unspecified atom stereocenters. The van der Waals surface area contributed by atoms with E-state index in [0.717, 1.165) is 7.57 Å². The molecule has 0 radical (unpaired) electrons. The summed E-state index contributed by atoms with van der Waals surface area (Å²) in [6, 6.07) is 7.22. The predicted octanol–water partition coefficient (Wildman–Crippen LogP) is 4.64. The molecule has 3 aromatic heterocycles. The van der Waals surface area contributed by atoms with Crippen LogP contribution in [0.3, 0.4) is 0 Å². The van der Waals surface area contributed by atoms with Gasteiger partial charge in [0, 0.05) is 15.7 Å². The number of hydrogen-bond acceptors (Lipinski definition) is 5. The molecule has 2 nitrogen and oxygen atoms in total. The second-order valence-corrected chi connectivity index (χ2v) is 10.4. The van der Waals surface area contributed by atoms with Crippen molar-refractivity contribution >= 4 is 77.3 Å². The zero-order chi connectivity index (χ0) is 16.1. The maximum atomic E-state index is 14.9. The lowest BCUT2D eigenvalue weighted by Gasteiger charge is -2.25. The van der Waals surface area contributed by atoms with Crippen molar-refractivity contribution in [2.45, 2.75) is 6.30 Å². The molecule has 1 atom stereocenters. The Morgan fingerprint density at radius 1 is 1.04 bits per heavy atom. The van der Waals surface area contributed by atoms with Crippen molar-refractivity contribution in [2.75, 3.05) is 0 Å². The Kier molecular flexibility index (Phi) is 4.17. The fourth-order valence-electron chi connectivity index (χ4n) is 2.42. The van der Waals surface area contributed by atoms with E-state index >= 15 is 0 Å². The van der Waals surface area contributed by atoms with Gasteiger partial charge in [-0.2, -0.15) is 9.50 Å². The summed E-state index contributed by atoms with van der Waals surface area (Å²) < 4.78 is 36.3. The van der Waals surface area contributed by atoms with Crippen LogP contribution in [-0.4, -0.2) is 15.8 Å². The van der Waals surface area contributed by atoms with E-state index in [0.29, 0.717) is 25.1 Å². The van der Waals surface area contributed by atoms with Gasteiger partial charge in [-0.25, -0.2) is 4.39 Å². The average molecular weight is 496 g/mol. The Bertz CT molecular complexity index is 929. The molecule has 1 aliphatic rings. The van der Waals surface area contributed by atoms with Crippen LogP contribution in [0.15, 0.2) is 38.0 Å². The number of halogens is 4. The van der Waals surface area contributed by atoms with Crippen LogP contribution < -0.4 is 9.75 Å². The molecular weight excluding hydrogens is 490 g/mol. The summed E-state index contributed by atoms with van der Waals surface area (Å²) in [6.45, 7) is 0. The van der Waals surface area contributed by atoms with Gasteiger partial charge in [0.2, 0.25) is 6.30 Å². The molecule has 0 fully saturated rings. The predicted molar refractivity (Wildman–Crippen MR) is 98.3 cm³/mol. The molecule has 23 heavy (non-hydrogen) atoms. The summed E-state index contributed by atoms with van der Waals surface area (Å²) in [5.41, 5.74) is 0.566. The topological polar surface area (TPSA) is 16.1 Å². The number of alkyl halides is 1. The molecule has 0 bridgehead atoms. The highest BCUT2D eigenvalue weighted by Gasteiger charge is 2.33. The van der Waals surface area contributed by atoms with Crippen molar-refractivity contribution < 1.29 is 8.87 Å². The third kappa shape index (κ3) is 2.62. The smallest absolute Gasteiger partial charge is 0.215 e. The Hall–Kier alpha value is -0.610. The molecular formula is C14H6Br2F2N2S3. The second kappa shape index (κ2) is 6.03. The lowest BCUT2D eigenvalue weighted by molar-refractivity contribution is 0.0122. The monoisotopic (exact) mass is 494 g/mol. The van der Waals surface area contributed by atoms with Crippen molar-refractivity contribution in [1.29, 1.82) is 0 Å². The van der Waals surface area contributed by atoms with Gasteiger partial charge in [-0.05, 0) is 67.7 Å². The molecule has 4 heterocycles. The van der Waals surface area contributed by atoms with Crippen molar-refractivity contribution in [3.05, 3.63) is 57.5 Å². The SMILES string of the molecule is FC1C(c2ccc(Br)s2)=c2sncc2=C(c2ccc(Br)s2)N1F. The highest BCUT2D eigenvalue weighted by molar-refractivity contribution is 9.11. The zero-order valence-corrected chi connectivity index (χ0v) is 16.7. The lowest BCUT2D eigenvalue weighted by atomic mass is 10.1. The van der Waals surface area contributed by atoms with Crippen LogP contribution in [0, 0.1) is 0 Å². The molecule has 3 aromatic rings. The number of fused-ring (bicyclic) bond motifs is 1. The molecule has 0 saturated heterocycles. The first-order chi connectivity index (χ1) is 11.1. The van der Waals surface area contributed by atoms with Crippen LogP contribution in [0.5, 0.6) is 0 Å². The molecule has 0 N–H and O–H groups in total. The summed E-state index contributed by atoms with van der Waals surface area (Å²) in [7, 11) is 0. The van der Waals surface area contributed by atoms with E-state index in [1.165, 1.54) is 34.2 Å². The normalized spacial score (nSPS) is 17.7. The number of nitrogens with zero attached hydrogens (tertiary/aromatic N) is 2. The summed E-state index contributed by atoms with van der Waals surface area (Å²) in [6.07, 6.45) is -0.256. The molecule has 0 aromatic carbocycles. The Morgan fingerprint density at radius 2 is 1.70 bits per heavy atom. The molecule has 0 amide bonds. The van der Waals surface area contributed by atoms with Crippen LogP contribution in [0.2, 0.25) is 0 Å². The number of aromatic nitrogens is 1. The lowest BCUT2D eigenvalue weighted by Crippen LogP contribution is -2.41. The van der Waals surface area contributed by atoms with Crippen LogP contribution in [0.25, 0.3) is 11.3 Å². The Labute approximate surface area is 158 Å². The van der Waals surface area contributed by atoms with Gasteiger partial charge in [-0.15, -0.1) is 22.7 Å². The second-order valence-electron chi connectivity index (χ2n) is 4.69. The first kappa shape index (κ1) is 15.9. The van der Waals surface area contributed by atoms with E-state index in [4.69, 9.17) is 0 Å². The first-order valence-electron chi connectivity index (χ1n) is 6.36. The third-order valence-corrected chi connectivity index (χ3v) is 7.49. The number of hydrogen-bond donors (Lipinski definition) is 0. The van der Waals surface area contributed by atoms with Gasteiger partial charge < -0.3 is 0 Å². The summed E-state index contributed by atoms with van der Waals surface area (Å²) in [5.74, 6) is 0. The van der Waals surface area contributed by atoms with Gasteiger partial charge in [0.05, 0.1) is 23.2 Å². The third-order valence-electron chi connectivity index (χ3n) is 3.37. The maximum absolute atomic E-state index is 14.9. The van der Waals surface area contributed by atoms with E-state index in [1.807, 2.05) is 12.1 Å². The maximum Gasteiger partial charge on any atom is 0.228 e. The van der Waals surface area contributed by atoms with Crippen LogP contribution in [0.1, 0.15) is 9.75 Å². The zero-order valence-electron chi connectivity index (χ0n) is 11.1. The van der Waals surface area contributed by atoms with Crippen molar-refractivity contribution in [3.8, 4) is 0 Å². The molecule has 9 heteroatoms. The number of rotatable bonds is 2. The minimum absolute atomic E-state index is 0.206. The molecule has 1 aliphatic heterocycles. The summed E-state index contributed by atoms with van der Waals surface area (Å²) in [5, 5.41) is 0.832.